The van der Waals surface area contributed by atoms with Gasteiger partial charge in [-0.25, -0.2) is 0 Å². The van der Waals surface area contributed by atoms with Crippen LogP contribution in [0.5, 0.6) is 0 Å². The Kier molecular flexibility index (Phi) is 8.37. The molecule has 1 nitrogen and oxygen atoms in total. The first-order valence-corrected chi connectivity index (χ1v) is 7.94. The molecule has 0 saturated carbocycles. The lowest BCUT2D eigenvalue weighted by Gasteiger charge is -2.14. The first kappa shape index (κ1) is 14.7. The molecule has 0 aliphatic carbocycles. The number of hydrogen-bond donors (Lipinski definition) is 1. The second-order valence-electron chi connectivity index (χ2n) is 4.83. The Morgan fingerprint density at radius 3 is 2.59 bits per heavy atom. The number of nitrogens with one attached hydrogen (secondary N) is 1. The van der Waals surface area contributed by atoms with E-state index < -0.39 is 0 Å². The van der Waals surface area contributed by atoms with Gasteiger partial charge < -0.3 is 5.32 Å². The van der Waals surface area contributed by atoms with Gasteiger partial charge in [-0.05, 0) is 31.3 Å². The first-order valence-electron chi connectivity index (χ1n) is 7.06. The molecule has 1 aromatic heterocycles. The Hall–Kier alpha value is -0.340. The van der Waals surface area contributed by atoms with E-state index in [1.165, 1.54) is 56.2 Å². The van der Waals surface area contributed by atoms with E-state index in [-0.39, 0.29) is 0 Å². The molecule has 1 N–H and O–H groups in total. The standard InChI is InChI=1S/C15H27NS/c1-3-4-5-6-7-8-10-14(16-2)13-15-11-9-12-17-15/h9,11-12,14,16H,3-8,10,13H2,1-2H3. The van der Waals surface area contributed by atoms with E-state index in [0.29, 0.717) is 6.04 Å². The largest absolute Gasteiger partial charge is 0.317 e. The van der Waals surface area contributed by atoms with Crippen molar-refractivity contribution in [2.45, 2.75) is 64.3 Å². The van der Waals surface area contributed by atoms with Gasteiger partial charge in [0.25, 0.3) is 0 Å². The Morgan fingerprint density at radius 1 is 1.18 bits per heavy atom. The van der Waals surface area contributed by atoms with Gasteiger partial charge >= 0.3 is 0 Å². The highest BCUT2D eigenvalue weighted by atomic mass is 32.1. The third-order valence-electron chi connectivity index (χ3n) is 3.34. The maximum atomic E-state index is 3.45. The summed E-state index contributed by atoms with van der Waals surface area (Å²) in [5, 5.41) is 5.62. The zero-order valence-corrected chi connectivity index (χ0v) is 12.2. The number of unbranched alkanes of at least 4 members (excludes halogenated alkanes) is 5. The van der Waals surface area contributed by atoms with Crippen molar-refractivity contribution in [2.24, 2.45) is 0 Å². The molecule has 0 saturated heterocycles. The minimum Gasteiger partial charge on any atom is -0.317 e. The van der Waals surface area contributed by atoms with Gasteiger partial charge in [0.2, 0.25) is 0 Å². The van der Waals surface area contributed by atoms with Crippen molar-refractivity contribution >= 4 is 11.3 Å². The van der Waals surface area contributed by atoms with Crippen molar-refractivity contribution in [3.63, 3.8) is 0 Å². The topological polar surface area (TPSA) is 12.0 Å². The van der Waals surface area contributed by atoms with E-state index in [0.717, 1.165) is 0 Å². The van der Waals surface area contributed by atoms with Gasteiger partial charge in [-0.2, -0.15) is 0 Å². The molecule has 0 amide bonds. The Labute approximate surface area is 111 Å². The number of hydrogen-bond acceptors (Lipinski definition) is 2. The smallest absolute Gasteiger partial charge is 0.0112 e. The second-order valence-corrected chi connectivity index (χ2v) is 5.86. The minimum absolute atomic E-state index is 0.667. The van der Waals surface area contributed by atoms with E-state index in [9.17, 15) is 0 Å². The van der Waals surface area contributed by atoms with Gasteiger partial charge in [0.1, 0.15) is 0 Å². The third kappa shape index (κ3) is 6.85. The van der Waals surface area contributed by atoms with Crippen LogP contribution in [-0.2, 0) is 6.42 Å². The summed E-state index contributed by atoms with van der Waals surface area (Å²) < 4.78 is 0. The van der Waals surface area contributed by atoms with Gasteiger partial charge in [0, 0.05) is 10.9 Å². The summed E-state index contributed by atoms with van der Waals surface area (Å²) in [5.74, 6) is 0. The second kappa shape index (κ2) is 9.67. The average molecular weight is 253 g/mol. The van der Waals surface area contributed by atoms with Crippen molar-refractivity contribution in [1.82, 2.24) is 5.32 Å². The van der Waals surface area contributed by atoms with Crippen molar-refractivity contribution < 1.29 is 0 Å². The molecule has 0 aliphatic rings. The lowest BCUT2D eigenvalue weighted by molar-refractivity contribution is 0.482. The summed E-state index contributed by atoms with van der Waals surface area (Å²) in [6, 6.07) is 5.06. The van der Waals surface area contributed by atoms with Crippen molar-refractivity contribution in [3.8, 4) is 0 Å². The molecule has 0 aromatic carbocycles. The van der Waals surface area contributed by atoms with Crippen LogP contribution in [0.15, 0.2) is 17.5 Å². The van der Waals surface area contributed by atoms with E-state index in [4.69, 9.17) is 0 Å². The molecule has 1 unspecified atom stereocenters. The predicted molar refractivity (Wildman–Crippen MR) is 78.9 cm³/mol. The maximum Gasteiger partial charge on any atom is 0.0112 e. The van der Waals surface area contributed by atoms with Crippen LogP contribution >= 0.6 is 11.3 Å². The van der Waals surface area contributed by atoms with E-state index in [2.05, 4.69) is 36.8 Å². The Morgan fingerprint density at radius 2 is 1.94 bits per heavy atom. The summed E-state index contributed by atoms with van der Waals surface area (Å²) in [5.41, 5.74) is 0. The van der Waals surface area contributed by atoms with Gasteiger partial charge in [-0.15, -0.1) is 11.3 Å². The van der Waals surface area contributed by atoms with Crippen LogP contribution in [0.3, 0.4) is 0 Å². The third-order valence-corrected chi connectivity index (χ3v) is 4.24. The molecule has 0 aliphatic heterocycles. The van der Waals surface area contributed by atoms with Crippen LogP contribution in [0.4, 0.5) is 0 Å². The van der Waals surface area contributed by atoms with Gasteiger partial charge in [-0.1, -0.05) is 51.5 Å². The molecule has 0 fully saturated rings. The van der Waals surface area contributed by atoms with Gasteiger partial charge in [0.15, 0.2) is 0 Å². The van der Waals surface area contributed by atoms with E-state index >= 15 is 0 Å². The van der Waals surface area contributed by atoms with Crippen LogP contribution in [0.25, 0.3) is 0 Å². The molecule has 0 radical (unpaired) electrons. The number of rotatable bonds is 10. The van der Waals surface area contributed by atoms with Crippen LogP contribution in [0, 0.1) is 0 Å². The highest BCUT2D eigenvalue weighted by molar-refractivity contribution is 7.09. The molecule has 17 heavy (non-hydrogen) atoms. The SMILES string of the molecule is CCCCCCCCC(Cc1cccs1)NC. The molecular formula is C15H27NS. The Balaban J connectivity index is 2.06. The maximum absolute atomic E-state index is 3.45. The molecular weight excluding hydrogens is 226 g/mol. The molecule has 2 heteroatoms. The monoisotopic (exact) mass is 253 g/mol. The molecule has 1 atom stereocenters. The fourth-order valence-electron chi connectivity index (χ4n) is 2.19. The molecule has 1 heterocycles. The number of thiophene rings is 1. The number of likely N-dealkylation sites (N-methyl/N-ethyl adjacent to an activating group) is 1. The van der Waals surface area contributed by atoms with Crippen LogP contribution < -0.4 is 5.32 Å². The minimum atomic E-state index is 0.667. The molecule has 0 bridgehead atoms. The fourth-order valence-corrected chi connectivity index (χ4v) is 2.98. The lowest BCUT2D eigenvalue weighted by atomic mass is 10.0. The molecule has 1 aromatic rings. The van der Waals surface area contributed by atoms with Crippen LogP contribution in [-0.4, -0.2) is 13.1 Å². The normalized spacial score (nSPS) is 12.8. The molecule has 98 valence electrons. The first-order chi connectivity index (χ1) is 8.36. The summed E-state index contributed by atoms with van der Waals surface area (Å²) in [6.07, 6.45) is 10.9. The lowest BCUT2D eigenvalue weighted by Crippen LogP contribution is -2.27. The van der Waals surface area contributed by atoms with Crippen molar-refractivity contribution in [1.29, 1.82) is 0 Å². The van der Waals surface area contributed by atoms with Gasteiger partial charge in [0.05, 0.1) is 0 Å². The van der Waals surface area contributed by atoms with Crippen molar-refractivity contribution in [2.75, 3.05) is 7.05 Å². The van der Waals surface area contributed by atoms with E-state index in [1.807, 2.05) is 11.3 Å². The van der Waals surface area contributed by atoms with E-state index in [1.54, 1.807) is 0 Å². The highest BCUT2D eigenvalue weighted by Crippen LogP contribution is 2.15. The summed E-state index contributed by atoms with van der Waals surface area (Å²) in [6.45, 7) is 2.28. The van der Waals surface area contributed by atoms with Crippen LogP contribution in [0.2, 0.25) is 0 Å². The van der Waals surface area contributed by atoms with Crippen molar-refractivity contribution in [3.05, 3.63) is 22.4 Å². The summed E-state index contributed by atoms with van der Waals surface area (Å²) >= 11 is 1.88. The highest BCUT2D eigenvalue weighted by Gasteiger charge is 2.07. The summed E-state index contributed by atoms with van der Waals surface area (Å²) in [7, 11) is 2.09. The quantitative estimate of drug-likeness (QED) is 0.600. The molecule has 0 spiro atoms. The zero-order valence-electron chi connectivity index (χ0n) is 11.4. The van der Waals surface area contributed by atoms with Crippen LogP contribution in [0.1, 0.15) is 56.7 Å². The summed E-state index contributed by atoms with van der Waals surface area (Å²) in [4.78, 5) is 1.51. The van der Waals surface area contributed by atoms with Gasteiger partial charge in [-0.3, -0.25) is 0 Å². The Bertz CT molecular complexity index is 256. The fraction of sp³-hybridized carbons (Fsp3) is 0.733. The average Bonchev–Trinajstić information content (AvgIpc) is 2.85. The predicted octanol–water partition coefficient (Wildman–Crippen LogP) is 4.63. The zero-order chi connectivity index (χ0) is 12.3. The molecule has 1 rings (SSSR count).